The maximum absolute atomic E-state index is 6.61. The molecule has 4 aromatic carbocycles. The number of fused-ring (bicyclic) bond motifs is 3. The second-order valence-corrected chi connectivity index (χ2v) is 24.9. The molecule has 7 aromatic rings. The van der Waals surface area contributed by atoms with Gasteiger partial charge < -0.3 is 14.4 Å². The van der Waals surface area contributed by atoms with E-state index < -0.39 is 8.07 Å². The van der Waals surface area contributed by atoms with Gasteiger partial charge >= 0.3 is 0 Å². The minimum atomic E-state index is -1.34. The Morgan fingerprint density at radius 3 is 2.03 bits per heavy atom. The molecule has 1 saturated carbocycles. The minimum Gasteiger partial charge on any atom is -0.501 e. The summed E-state index contributed by atoms with van der Waals surface area (Å²) in [5, 5.41) is 3.73. The van der Waals surface area contributed by atoms with Crippen LogP contribution in [-0.4, -0.2) is 18.0 Å². The monoisotopic (exact) mass is 975 g/mol. The summed E-state index contributed by atoms with van der Waals surface area (Å²) in [6.45, 7) is 25.4. The van der Waals surface area contributed by atoms with Gasteiger partial charge in [0.25, 0.3) is 0 Å². The molecule has 59 heavy (non-hydrogen) atoms. The van der Waals surface area contributed by atoms with Gasteiger partial charge in [-0.2, -0.15) is 0 Å². The van der Waals surface area contributed by atoms with Crippen LogP contribution in [0, 0.1) is 12.1 Å². The van der Waals surface area contributed by atoms with Crippen LogP contribution < -0.4 is 5.19 Å². The van der Waals surface area contributed by atoms with E-state index in [9.17, 15) is 0 Å². The maximum Gasteiger partial charge on any atom is 0.121 e. The van der Waals surface area contributed by atoms with Crippen LogP contribution in [0.3, 0.4) is 0 Å². The summed E-state index contributed by atoms with van der Waals surface area (Å²) in [5.41, 5.74) is 13.9. The molecule has 0 unspecified atom stereocenters. The van der Waals surface area contributed by atoms with E-state index in [1.165, 1.54) is 70.7 Å². The zero-order valence-corrected chi connectivity index (χ0v) is 40.5. The molecule has 1 aliphatic carbocycles. The van der Waals surface area contributed by atoms with Crippen molar-refractivity contribution in [1.29, 1.82) is 0 Å². The smallest absolute Gasteiger partial charge is 0.121 e. The van der Waals surface area contributed by atoms with Gasteiger partial charge in [-0.1, -0.05) is 159 Å². The summed E-state index contributed by atoms with van der Waals surface area (Å²) in [6, 6.07) is 39.3. The first-order valence-electron chi connectivity index (χ1n) is 21.4. The number of hydrogen-bond acceptors (Lipinski definition) is 3. The van der Waals surface area contributed by atoms with Crippen molar-refractivity contribution in [2.75, 3.05) is 0 Å². The number of pyridine rings is 2. The molecule has 1 aliphatic rings. The van der Waals surface area contributed by atoms with Crippen LogP contribution in [0.25, 0.3) is 55.6 Å². The summed E-state index contributed by atoms with van der Waals surface area (Å²) in [4.78, 5) is 9.43. The van der Waals surface area contributed by atoms with Crippen LogP contribution in [0.4, 0.5) is 0 Å². The van der Waals surface area contributed by atoms with E-state index in [0.717, 1.165) is 44.5 Å². The van der Waals surface area contributed by atoms with E-state index in [4.69, 9.17) is 9.40 Å². The van der Waals surface area contributed by atoms with Crippen LogP contribution >= 0.6 is 0 Å². The predicted octanol–water partition coefficient (Wildman–Crippen LogP) is 15.0. The van der Waals surface area contributed by atoms with Crippen molar-refractivity contribution in [3.05, 3.63) is 138 Å². The first kappa shape index (κ1) is 44.4. The van der Waals surface area contributed by atoms with Crippen molar-refractivity contribution in [1.82, 2.24) is 9.97 Å². The third-order valence-electron chi connectivity index (χ3n) is 11.9. The number of nitrogens with zero attached hydrogens (tertiary/aromatic N) is 2. The largest absolute Gasteiger partial charge is 0.501 e. The van der Waals surface area contributed by atoms with Crippen molar-refractivity contribution in [2.45, 2.75) is 130 Å². The molecule has 8 rings (SSSR count). The zero-order valence-electron chi connectivity index (χ0n) is 37.1. The van der Waals surface area contributed by atoms with Gasteiger partial charge in [-0.25, -0.2) is 0 Å². The number of hydrogen-bond donors (Lipinski definition) is 0. The topological polar surface area (TPSA) is 38.9 Å². The number of benzene rings is 4. The molecule has 1 fully saturated rings. The molecule has 0 amide bonds. The molecule has 5 heteroatoms. The SMILES string of the molecule is CC(C)(C)c1cc(-c2ccc3c(c2)oc2c(-c4cc(C5CCCCC5)ccn4)[c-]ccc23)cc(C(C)(C)C)c1.CC(C)c1cc(-c2[c-]cccc2)ncc1[Si](C)(C)C.[Ir]. The van der Waals surface area contributed by atoms with Gasteiger partial charge in [0.2, 0.25) is 0 Å². The number of rotatable bonds is 6. The normalized spacial score (nSPS) is 14.0. The second kappa shape index (κ2) is 17.8. The Morgan fingerprint density at radius 1 is 0.695 bits per heavy atom. The van der Waals surface area contributed by atoms with Crippen LogP contribution in [0.15, 0.2) is 108 Å². The molecular weight excluding hydrogens is 913 g/mol. The Hall–Kier alpha value is -4.15. The molecule has 0 atom stereocenters. The molecule has 3 heterocycles. The predicted molar refractivity (Wildman–Crippen MR) is 250 cm³/mol. The molecular formula is C54H62IrN2OSi-2. The van der Waals surface area contributed by atoms with E-state index in [0.29, 0.717) is 11.8 Å². The van der Waals surface area contributed by atoms with E-state index >= 15 is 0 Å². The van der Waals surface area contributed by atoms with Crippen LogP contribution in [0.5, 0.6) is 0 Å². The summed E-state index contributed by atoms with van der Waals surface area (Å²) in [6.07, 6.45) is 10.6. The molecule has 0 saturated heterocycles. The Bertz CT molecular complexity index is 2490. The van der Waals surface area contributed by atoms with Crippen molar-refractivity contribution in [3.8, 4) is 33.6 Å². The third-order valence-corrected chi connectivity index (χ3v) is 13.9. The Labute approximate surface area is 368 Å². The van der Waals surface area contributed by atoms with Gasteiger partial charge in [0.1, 0.15) is 5.58 Å². The molecule has 309 valence electrons. The quantitative estimate of drug-likeness (QED) is 0.123. The molecule has 0 N–H and O–H groups in total. The van der Waals surface area contributed by atoms with Crippen molar-refractivity contribution < 1.29 is 24.5 Å². The third kappa shape index (κ3) is 10.1. The molecule has 3 nitrogen and oxygen atoms in total. The minimum absolute atomic E-state index is 0. The van der Waals surface area contributed by atoms with Crippen LogP contribution in [-0.2, 0) is 30.9 Å². The first-order chi connectivity index (χ1) is 27.5. The fourth-order valence-corrected chi connectivity index (χ4v) is 10.00. The molecule has 1 radical (unpaired) electrons. The molecule has 3 aromatic heterocycles. The van der Waals surface area contributed by atoms with E-state index in [1.807, 2.05) is 30.5 Å². The van der Waals surface area contributed by atoms with Gasteiger partial charge in [0.05, 0.1) is 13.7 Å². The summed E-state index contributed by atoms with van der Waals surface area (Å²) >= 11 is 0. The number of furan rings is 1. The van der Waals surface area contributed by atoms with Crippen LogP contribution in [0.1, 0.15) is 122 Å². The summed E-state index contributed by atoms with van der Waals surface area (Å²) in [5.74, 6) is 1.17. The summed E-state index contributed by atoms with van der Waals surface area (Å²) in [7, 11) is -1.34. The summed E-state index contributed by atoms with van der Waals surface area (Å²) < 4.78 is 6.61. The van der Waals surface area contributed by atoms with Crippen molar-refractivity contribution in [3.63, 3.8) is 0 Å². The van der Waals surface area contributed by atoms with Crippen LogP contribution in [0.2, 0.25) is 19.6 Å². The standard InChI is InChI=1S/C37H40NO.C17H22NSi.Ir/c1-36(2,3)28-19-27(20-29(23-28)37(4,5)6)25-15-16-30-31-13-10-14-32(35(31)39-34(30)22-25)33-21-26(17-18-38-33)24-11-8-7-9-12-24;1-13(2)15-11-16(14-9-7-6-8-10-14)18-12-17(15)19(3,4)5;/h10,13,15-24H,7-9,11-12H2,1-6H3;6-9,11-13H,1-5H3;/q2*-1;. The molecule has 0 spiro atoms. The van der Waals surface area contributed by atoms with Gasteiger partial charge in [-0.15, -0.1) is 54.1 Å². The Kier molecular flexibility index (Phi) is 13.4. The van der Waals surface area contributed by atoms with E-state index in [1.54, 1.807) is 0 Å². The fourth-order valence-electron chi connectivity index (χ4n) is 8.32. The average molecular weight is 975 g/mol. The maximum atomic E-state index is 6.61. The van der Waals surface area contributed by atoms with Gasteiger partial charge in [0, 0.05) is 37.9 Å². The Balaban J connectivity index is 0.000000247. The van der Waals surface area contributed by atoms with Crippen molar-refractivity contribution >= 4 is 35.2 Å². The molecule has 0 aliphatic heterocycles. The Morgan fingerprint density at radius 2 is 1.41 bits per heavy atom. The fraction of sp³-hybridized carbons (Fsp3) is 0.370. The van der Waals surface area contributed by atoms with Crippen molar-refractivity contribution in [2.24, 2.45) is 0 Å². The zero-order chi connectivity index (χ0) is 41.4. The van der Waals surface area contributed by atoms with Gasteiger partial charge in [-0.05, 0) is 86.5 Å². The van der Waals surface area contributed by atoms with Gasteiger partial charge in [-0.3, -0.25) is 0 Å². The number of aromatic nitrogens is 2. The first-order valence-corrected chi connectivity index (χ1v) is 24.9. The second-order valence-electron chi connectivity index (χ2n) is 19.9. The van der Waals surface area contributed by atoms with Gasteiger partial charge in [0.15, 0.2) is 0 Å². The van der Waals surface area contributed by atoms with E-state index in [-0.39, 0.29) is 30.9 Å². The van der Waals surface area contributed by atoms with E-state index in [2.05, 4.69) is 165 Å². The molecule has 0 bridgehead atoms. The average Bonchev–Trinajstić information content (AvgIpc) is 3.59.